The van der Waals surface area contributed by atoms with Crippen molar-refractivity contribution >= 4 is 28.6 Å². The molecular weight excluding hydrogens is 414 g/mol. The lowest BCUT2D eigenvalue weighted by molar-refractivity contribution is -0.120. The molecule has 2 heterocycles. The Labute approximate surface area is 184 Å². The topological polar surface area (TPSA) is 82.5 Å². The van der Waals surface area contributed by atoms with E-state index in [4.69, 9.17) is 14.5 Å². The molecule has 1 aliphatic heterocycles. The number of hydrogen-bond donors (Lipinski definition) is 1. The lowest BCUT2D eigenvalue weighted by atomic mass is 10.2. The van der Waals surface area contributed by atoms with Gasteiger partial charge < -0.3 is 14.8 Å². The van der Waals surface area contributed by atoms with Gasteiger partial charge in [0.2, 0.25) is 5.91 Å². The van der Waals surface area contributed by atoms with Gasteiger partial charge in [0.1, 0.15) is 0 Å². The van der Waals surface area contributed by atoms with Gasteiger partial charge in [-0.1, -0.05) is 36.4 Å². The molecule has 0 unspecified atom stereocenters. The number of nitrogens with zero attached hydrogens (tertiary/aromatic N) is 2. The molecule has 1 N–H and O–H groups in total. The highest BCUT2D eigenvalue weighted by Crippen LogP contribution is 2.30. The summed E-state index contributed by atoms with van der Waals surface area (Å²) >= 11 is 1.36. The number of nitrogens with one attached hydrogen (secondary N) is 1. The standard InChI is InChI=1S/C23H25N3O4S/c1-29-18-11-10-15(13-19(18)30-2)14-26-22(28)16-7-3-4-8-17(16)25-23(26)31-20-9-5-6-12-24-21(20)27/h3-4,7-8,10-11,13,20H,5-6,9,12,14H2,1-2H3,(H,24,27)/t20-/m1/s1. The van der Waals surface area contributed by atoms with Crippen LogP contribution in [-0.2, 0) is 11.3 Å². The van der Waals surface area contributed by atoms with Crippen molar-refractivity contribution in [2.45, 2.75) is 36.2 Å². The first kappa shape index (κ1) is 21.2. The Balaban J connectivity index is 1.77. The number of benzene rings is 2. The lowest BCUT2D eigenvalue weighted by Gasteiger charge is -2.18. The molecule has 1 saturated heterocycles. The van der Waals surface area contributed by atoms with Crippen molar-refractivity contribution in [3.8, 4) is 11.5 Å². The minimum atomic E-state index is -0.271. The summed E-state index contributed by atoms with van der Waals surface area (Å²) in [6, 6.07) is 12.9. The summed E-state index contributed by atoms with van der Waals surface area (Å²) < 4.78 is 12.4. The van der Waals surface area contributed by atoms with Crippen molar-refractivity contribution < 1.29 is 14.3 Å². The van der Waals surface area contributed by atoms with Gasteiger partial charge in [-0.2, -0.15) is 0 Å². The highest BCUT2D eigenvalue weighted by molar-refractivity contribution is 8.00. The van der Waals surface area contributed by atoms with Crippen LogP contribution in [-0.4, -0.2) is 41.5 Å². The van der Waals surface area contributed by atoms with E-state index in [-0.39, 0.29) is 16.7 Å². The van der Waals surface area contributed by atoms with Crippen molar-refractivity contribution in [3.05, 3.63) is 58.4 Å². The third kappa shape index (κ3) is 4.54. The van der Waals surface area contributed by atoms with Gasteiger partial charge in [-0.3, -0.25) is 14.2 Å². The first-order valence-corrected chi connectivity index (χ1v) is 11.1. The van der Waals surface area contributed by atoms with E-state index in [2.05, 4.69) is 5.32 Å². The number of amides is 1. The van der Waals surface area contributed by atoms with Crippen molar-refractivity contribution in [1.82, 2.24) is 14.9 Å². The molecule has 4 rings (SSSR count). The molecule has 7 nitrogen and oxygen atoms in total. The Morgan fingerprint density at radius 3 is 2.71 bits per heavy atom. The second kappa shape index (κ2) is 9.43. The first-order valence-electron chi connectivity index (χ1n) is 10.3. The van der Waals surface area contributed by atoms with Crippen LogP contribution in [0.2, 0.25) is 0 Å². The molecule has 1 aromatic heterocycles. The molecule has 162 valence electrons. The summed E-state index contributed by atoms with van der Waals surface area (Å²) in [7, 11) is 3.17. The first-order chi connectivity index (χ1) is 15.1. The van der Waals surface area contributed by atoms with Gasteiger partial charge in [0.05, 0.1) is 36.9 Å². The highest BCUT2D eigenvalue weighted by Gasteiger charge is 2.25. The molecule has 31 heavy (non-hydrogen) atoms. The minimum absolute atomic E-state index is 0.00238. The zero-order valence-corrected chi connectivity index (χ0v) is 18.4. The normalized spacial score (nSPS) is 16.6. The van der Waals surface area contributed by atoms with Crippen LogP contribution in [0.1, 0.15) is 24.8 Å². The summed E-state index contributed by atoms with van der Waals surface area (Å²) in [5.41, 5.74) is 1.38. The Morgan fingerprint density at radius 2 is 1.90 bits per heavy atom. The van der Waals surface area contributed by atoms with Gasteiger partial charge in [0.15, 0.2) is 16.7 Å². The average Bonchev–Trinajstić information content (AvgIpc) is 3.00. The molecular formula is C23H25N3O4S. The van der Waals surface area contributed by atoms with Crippen molar-refractivity contribution in [1.29, 1.82) is 0 Å². The maximum atomic E-state index is 13.4. The number of carbonyl (C=O) groups is 1. The van der Waals surface area contributed by atoms with E-state index in [1.54, 1.807) is 24.9 Å². The molecule has 1 aliphatic rings. The largest absolute Gasteiger partial charge is 0.493 e. The number of hydrogen-bond acceptors (Lipinski definition) is 6. The summed E-state index contributed by atoms with van der Waals surface area (Å²) in [6.07, 6.45) is 2.69. The molecule has 1 atom stereocenters. The monoisotopic (exact) mass is 439 g/mol. The van der Waals surface area contributed by atoms with Crippen LogP contribution in [0.15, 0.2) is 52.4 Å². The second-order valence-electron chi connectivity index (χ2n) is 7.39. The summed E-state index contributed by atoms with van der Waals surface area (Å²) in [5.74, 6) is 1.22. The second-order valence-corrected chi connectivity index (χ2v) is 8.56. The van der Waals surface area contributed by atoms with Gasteiger partial charge >= 0.3 is 0 Å². The van der Waals surface area contributed by atoms with E-state index in [0.717, 1.165) is 24.8 Å². The third-order valence-corrected chi connectivity index (χ3v) is 6.60. The number of fused-ring (bicyclic) bond motifs is 1. The number of thioether (sulfide) groups is 1. The number of ether oxygens (including phenoxy) is 2. The molecule has 0 bridgehead atoms. The maximum absolute atomic E-state index is 13.4. The van der Waals surface area contributed by atoms with Gasteiger partial charge in [-0.05, 0) is 42.7 Å². The van der Waals surface area contributed by atoms with Crippen LogP contribution in [0.25, 0.3) is 10.9 Å². The Morgan fingerprint density at radius 1 is 1.10 bits per heavy atom. The SMILES string of the molecule is COc1ccc(Cn2c(S[C@@H]3CCCCNC3=O)nc3ccccc3c2=O)cc1OC. The van der Waals surface area contributed by atoms with Crippen LogP contribution in [0.4, 0.5) is 0 Å². The number of rotatable bonds is 6. The minimum Gasteiger partial charge on any atom is -0.493 e. The van der Waals surface area contributed by atoms with E-state index >= 15 is 0 Å². The predicted octanol–water partition coefficient (Wildman–Crippen LogP) is 3.22. The molecule has 0 radical (unpaired) electrons. The van der Waals surface area contributed by atoms with Gasteiger partial charge in [0, 0.05) is 6.54 Å². The van der Waals surface area contributed by atoms with E-state index < -0.39 is 0 Å². The fourth-order valence-corrected chi connectivity index (χ4v) is 4.84. The van der Waals surface area contributed by atoms with Crippen molar-refractivity contribution in [3.63, 3.8) is 0 Å². The van der Waals surface area contributed by atoms with Crippen LogP contribution >= 0.6 is 11.8 Å². The summed E-state index contributed by atoms with van der Waals surface area (Å²) in [6.45, 7) is 1.01. The molecule has 1 amide bonds. The molecule has 0 saturated carbocycles. The highest BCUT2D eigenvalue weighted by atomic mass is 32.2. The predicted molar refractivity (Wildman–Crippen MR) is 121 cm³/mol. The molecule has 0 aliphatic carbocycles. The van der Waals surface area contributed by atoms with Gasteiger partial charge in [0.25, 0.3) is 5.56 Å². The third-order valence-electron chi connectivity index (χ3n) is 5.35. The zero-order valence-electron chi connectivity index (χ0n) is 17.6. The van der Waals surface area contributed by atoms with E-state index in [1.165, 1.54) is 11.8 Å². The van der Waals surface area contributed by atoms with Crippen molar-refractivity contribution in [2.75, 3.05) is 20.8 Å². The maximum Gasteiger partial charge on any atom is 0.262 e. The van der Waals surface area contributed by atoms with Crippen LogP contribution in [0.3, 0.4) is 0 Å². The fraction of sp³-hybridized carbons (Fsp3) is 0.348. The number of carbonyl (C=O) groups excluding carboxylic acids is 1. The molecule has 0 spiro atoms. The molecule has 2 aromatic carbocycles. The zero-order chi connectivity index (χ0) is 21.8. The number of methoxy groups -OCH3 is 2. The average molecular weight is 440 g/mol. The molecule has 1 fully saturated rings. The van der Waals surface area contributed by atoms with E-state index in [1.807, 2.05) is 36.4 Å². The molecule has 8 heteroatoms. The van der Waals surface area contributed by atoms with Crippen LogP contribution in [0, 0.1) is 0 Å². The Bertz CT molecular complexity index is 1160. The summed E-state index contributed by atoms with van der Waals surface area (Å²) in [4.78, 5) is 30.6. The van der Waals surface area contributed by atoms with E-state index in [9.17, 15) is 9.59 Å². The smallest absolute Gasteiger partial charge is 0.262 e. The number of aromatic nitrogens is 2. The lowest BCUT2D eigenvalue weighted by Crippen LogP contribution is -2.32. The summed E-state index contributed by atoms with van der Waals surface area (Å²) in [5, 5.41) is 3.78. The number of para-hydroxylation sites is 1. The van der Waals surface area contributed by atoms with Crippen LogP contribution < -0.4 is 20.3 Å². The van der Waals surface area contributed by atoms with E-state index in [0.29, 0.717) is 40.6 Å². The fourth-order valence-electron chi connectivity index (χ4n) is 3.69. The Kier molecular flexibility index (Phi) is 6.46. The van der Waals surface area contributed by atoms with Crippen LogP contribution in [0.5, 0.6) is 11.5 Å². The Hall–Kier alpha value is -3.00. The quantitative estimate of drug-likeness (QED) is 0.594. The molecule has 3 aromatic rings. The van der Waals surface area contributed by atoms with Crippen molar-refractivity contribution in [2.24, 2.45) is 0 Å². The van der Waals surface area contributed by atoms with Gasteiger partial charge in [-0.25, -0.2) is 4.98 Å². The van der Waals surface area contributed by atoms with Gasteiger partial charge in [-0.15, -0.1) is 0 Å².